The number of carbonyl (C=O) groups excluding carboxylic acids is 1. The maximum absolute atomic E-state index is 13.0. The molecule has 2 heteroatoms. The molecule has 3 rings (SSSR count). The van der Waals surface area contributed by atoms with E-state index in [1.165, 1.54) is 31.2 Å². The summed E-state index contributed by atoms with van der Waals surface area (Å²) in [6, 6.07) is 8.13. The van der Waals surface area contributed by atoms with Gasteiger partial charge in [0.1, 0.15) is 0 Å². The fourth-order valence-corrected chi connectivity index (χ4v) is 3.77. The Morgan fingerprint density at radius 2 is 1.58 bits per heavy atom. The van der Waals surface area contributed by atoms with Gasteiger partial charge in [-0.3, -0.25) is 9.69 Å². The van der Waals surface area contributed by atoms with E-state index in [-0.39, 0.29) is 5.54 Å². The topological polar surface area (TPSA) is 20.3 Å². The normalized spacial score (nSPS) is 22.8. The first-order valence-corrected chi connectivity index (χ1v) is 7.59. The van der Waals surface area contributed by atoms with E-state index in [1.807, 2.05) is 12.1 Å². The number of likely N-dealkylation sites (tertiary alicyclic amines) is 1. The lowest BCUT2D eigenvalue weighted by Gasteiger charge is -2.37. The van der Waals surface area contributed by atoms with Gasteiger partial charge in [-0.2, -0.15) is 0 Å². The lowest BCUT2D eigenvalue weighted by atomic mass is 9.85. The first-order chi connectivity index (χ1) is 9.22. The van der Waals surface area contributed by atoms with Crippen molar-refractivity contribution in [1.82, 2.24) is 4.90 Å². The third-order valence-electron chi connectivity index (χ3n) is 4.88. The summed E-state index contributed by atoms with van der Waals surface area (Å²) in [6.07, 6.45) is 7.02. The lowest BCUT2D eigenvalue weighted by Crippen LogP contribution is -2.51. The Kier molecular flexibility index (Phi) is 3.44. The van der Waals surface area contributed by atoms with Crippen LogP contribution in [0.15, 0.2) is 24.3 Å². The zero-order valence-corrected chi connectivity index (χ0v) is 11.8. The second-order valence-electron chi connectivity index (χ2n) is 6.13. The van der Waals surface area contributed by atoms with Gasteiger partial charge in [-0.05, 0) is 45.7 Å². The molecule has 1 aromatic rings. The van der Waals surface area contributed by atoms with E-state index in [1.54, 1.807) is 0 Å². The van der Waals surface area contributed by atoms with Crippen molar-refractivity contribution in [2.24, 2.45) is 0 Å². The molecule has 2 aliphatic rings. The molecule has 0 aromatic heterocycles. The average molecular weight is 257 g/mol. The molecule has 0 atom stereocenters. The van der Waals surface area contributed by atoms with Crippen LogP contribution in [-0.4, -0.2) is 29.3 Å². The molecule has 1 saturated carbocycles. The first-order valence-electron chi connectivity index (χ1n) is 7.59. The van der Waals surface area contributed by atoms with Crippen molar-refractivity contribution in [3.63, 3.8) is 0 Å². The Labute approximate surface area is 115 Å². The molecule has 0 N–H and O–H groups in total. The van der Waals surface area contributed by atoms with Crippen molar-refractivity contribution in [3.05, 3.63) is 35.4 Å². The molecule has 1 heterocycles. The zero-order chi connectivity index (χ0) is 13.3. The summed E-state index contributed by atoms with van der Waals surface area (Å²) in [5.41, 5.74) is 1.95. The highest BCUT2D eigenvalue weighted by molar-refractivity contribution is 6.03. The molecule has 2 nitrogen and oxygen atoms in total. The van der Waals surface area contributed by atoms with Gasteiger partial charge >= 0.3 is 0 Å². The monoisotopic (exact) mass is 257 g/mol. The minimum atomic E-state index is -0.175. The number of hydrogen-bond acceptors (Lipinski definition) is 2. The van der Waals surface area contributed by atoms with Crippen LogP contribution < -0.4 is 0 Å². The summed E-state index contributed by atoms with van der Waals surface area (Å²) in [5.74, 6) is 0.368. The highest BCUT2D eigenvalue weighted by Crippen LogP contribution is 2.39. The second-order valence-corrected chi connectivity index (χ2v) is 6.13. The maximum Gasteiger partial charge on any atom is 0.183 e. The minimum Gasteiger partial charge on any atom is -0.292 e. The van der Waals surface area contributed by atoms with Gasteiger partial charge in [0.25, 0.3) is 0 Å². The predicted molar refractivity (Wildman–Crippen MR) is 77.5 cm³/mol. The molecular formula is C17H23NO. The molecule has 0 unspecified atom stereocenters. The van der Waals surface area contributed by atoms with Crippen LogP contribution in [0, 0.1) is 6.92 Å². The van der Waals surface area contributed by atoms with Crippen LogP contribution in [0.4, 0.5) is 0 Å². The van der Waals surface area contributed by atoms with E-state index in [0.29, 0.717) is 5.78 Å². The third kappa shape index (κ3) is 2.23. The van der Waals surface area contributed by atoms with Crippen molar-refractivity contribution in [1.29, 1.82) is 0 Å². The number of rotatable bonds is 3. The Bertz CT molecular complexity index is 451. The first kappa shape index (κ1) is 12.9. The molecule has 0 amide bonds. The van der Waals surface area contributed by atoms with E-state index >= 15 is 0 Å². The predicted octanol–water partition coefficient (Wildman–Crippen LogP) is 3.59. The van der Waals surface area contributed by atoms with Gasteiger partial charge in [-0.1, -0.05) is 42.7 Å². The van der Waals surface area contributed by atoms with Crippen molar-refractivity contribution in [3.8, 4) is 0 Å². The number of benzene rings is 1. The van der Waals surface area contributed by atoms with Crippen LogP contribution in [0.3, 0.4) is 0 Å². The molecule has 1 aromatic carbocycles. The highest BCUT2D eigenvalue weighted by Gasteiger charge is 2.46. The number of hydrogen-bond donors (Lipinski definition) is 0. The number of ketones is 1. The number of nitrogens with zero attached hydrogens (tertiary/aromatic N) is 1. The van der Waals surface area contributed by atoms with Crippen LogP contribution >= 0.6 is 0 Å². The van der Waals surface area contributed by atoms with Gasteiger partial charge in [-0.15, -0.1) is 0 Å². The average Bonchev–Trinajstić information content (AvgIpc) is 3.10. The van der Waals surface area contributed by atoms with Crippen molar-refractivity contribution >= 4 is 5.78 Å². The molecule has 1 saturated heterocycles. The molecule has 0 radical (unpaired) electrons. The van der Waals surface area contributed by atoms with Crippen LogP contribution in [0.25, 0.3) is 0 Å². The van der Waals surface area contributed by atoms with Crippen molar-refractivity contribution in [2.45, 2.75) is 51.0 Å². The summed E-state index contributed by atoms with van der Waals surface area (Å²) in [7, 11) is 0. The fourth-order valence-electron chi connectivity index (χ4n) is 3.77. The van der Waals surface area contributed by atoms with Crippen LogP contribution in [-0.2, 0) is 0 Å². The molecule has 1 aliphatic carbocycles. The van der Waals surface area contributed by atoms with E-state index in [9.17, 15) is 4.79 Å². The fraction of sp³-hybridized carbons (Fsp3) is 0.588. The SMILES string of the molecule is Cc1ccc(C(=O)C2(N3CCCC3)CCCC2)cc1. The molecule has 102 valence electrons. The summed E-state index contributed by atoms with van der Waals surface area (Å²) in [6.45, 7) is 4.29. The van der Waals surface area contributed by atoms with Gasteiger partial charge in [0.05, 0.1) is 5.54 Å². The Hall–Kier alpha value is -1.15. The van der Waals surface area contributed by atoms with Crippen LogP contribution in [0.5, 0.6) is 0 Å². The number of carbonyl (C=O) groups is 1. The highest BCUT2D eigenvalue weighted by atomic mass is 16.1. The third-order valence-corrected chi connectivity index (χ3v) is 4.88. The standard InChI is InChI=1S/C17H23NO/c1-14-6-8-15(9-7-14)16(19)17(10-2-3-11-17)18-12-4-5-13-18/h6-9H,2-5,10-13H2,1H3. The van der Waals surface area contributed by atoms with Crippen molar-refractivity contribution < 1.29 is 4.79 Å². The molecule has 0 spiro atoms. The van der Waals surface area contributed by atoms with Gasteiger partial charge < -0.3 is 0 Å². The Balaban J connectivity index is 1.91. The van der Waals surface area contributed by atoms with E-state index < -0.39 is 0 Å². The summed E-state index contributed by atoms with van der Waals surface area (Å²) in [5, 5.41) is 0. The Morgan fingerprint density at radius 1 is 1.00 bits per heavy atom. The van der Waals surface area contributed by atoms with Gasteiger partial charge in [0.2, 0.25) is 0 Å². The number of aryl methyl sites for hydroxylation is 1. The molecule has 19 heavy (non-hydrogen) atoms. The molecule has 1 aliphatic heterocycles. The van der Waals surface area contributed by atoms with Gasteiger partial charge in [0, 0.05) is 5.56 Å². The summed E-state index contributed by atoms with van der Waals surface area (Å²) < 4.78 is 0. The molecule has 0 bridgehead atoms. The second kappa shape index (κ2) is 5.09. The minimum absolute atomic E-state index is 0.175. The lowest BCUT2D eigenvalue weighted by molar-refractivity contribution is 0.0626. The zero-order valence-electron chi connectivity index (χ0n) is 11.8. The smallest absolute Gasteiger partial charge is 0.183 e. The van der Waals surface area contributed by atoms with Crippen LogP contribution in [0.2, 0.25) is 0 Å². The number of Topliss-reactive ketones (excluding diaryl/α,β-unsaturated/α-hetero) is 1. The molecule has 2 fully saturated rings. The molecular weight excluding hydrogens is 234 g/mol. The van der Waals surface area contributed by atoms with Crippen molar-refractivity contribution in [2.75, 3.05) is 13.1 Å². The van der Waals surface area contributed by atoms with E-state index in [0.717, 1.165) is 31.5 Å². The van der Waals surface area contributed by atoms with Gasteiger partial charge in [-0.25, -0.2) is 0 Å². The summed E-state index contributed by atoms with van der Waals surface area (Å²) in [4.78, 5) is 15.5. The quantitative estimate of drug-likeness (QED) is 0.771. The van der Waals surface area contributed by atoms with Gasteiger partial charge in [0.15, 0.2) is 5.78 Å². The Morgan fingerprint density at radius 3 is 2.16 bits per heavy atom. The van der Waals surface area contributed by atoms with E-state index in [4.69, 9.17) is 0 Å². The van der Waals surface area contributed by atoms with E-state index in [2.05, 4.69) is 24.0 Å². The van der Waals surface area contributed by atoms with Crippen LogP contribution in [0.1, 0.15) is 54.4 Å². The summed E-state index contributed by atoms with van der Waals surface area (Å²) >= 11 is 0. The maximum atomic E-state index is 13.0. The largest absolute Gasteiger partial charge is 0.292 e.